The van der Waals surface area contributed by atoms with Crippen LogP contribution in [-0.4, -0.2) is 37.9 Å². The standard InChI is InChI=1S/C10H8ClNO4S/c11-6-1-2-9-8(3-6)10(13)12(17(9,14)15)4-7-5-16-7/h1-3,7H,4-5H2. The number of nitrogens with zero attached hydrogens (tertiary/aromatic N) is 1. The molecule has 1 saturated heterocycles. The van der Waals surface area contributed by atoms with Gasteiger partial charge in [-0.25, -0.2) is 12.7 Å². The Bertz CT molecular complexity index is 609. The van der Waals surface area contributed by atoms with E-state index in [1.54, 1.807) is 0 Å². The molecule has 0 aromatic heterocycles. The van der Waals surface area contributed by atoms with Crippen molar-refractivity contribution in [2.75, 3.05) is 13.2 Å². The highest BCUT2D eigenvalue weighted by Crippen LogP contribution is 2.33. The number of carbonyl (C=O) groups excluding carboxylic acids is 1. The molecule has 0 spiro atoms. The van der Waals surface area contributed by atoms with Gasteiger partial charge >= 0.3 is 0 Å². The van der Waals surface area contributed by atoms with Crippen LogP contribution in [0.1, 0.15) is 10.4 Å². The highest BCUT2D eigenvalue weighted by molar-refractivity contribution is 7.90. The second kappa shape index (κ2) is 3.44. The highest BCUT2D eigenvalue weighted by atomic mass is 35.5. The minimum Gasteiger partial charge on any atom is -0.371 e. The first-order valence-electron chi connectivity index (χ1n) is 4.98. The lowest BCUT2D eigenvalue weighted by Crippen LogP contribution is -2.33. The Hall–Kier alpha value is -1.11. The molecule has 0 bridgehead atoms. The van der Waals surface area contributed by atoms with Crippen molar-refractivity contribution in [3.63, 3.8) is 0 Å². The smallest absolute Gasteiger partial charge is 0.269 e. The Labute approximate surface area is 103 Å². The van der Waals surface area contributed by atoms with E-state index in [-0.39, 0.29) is 23.1 Å². The maximum absolute atomic E-state index is 12.1. The second-order valence-corrected chi connectivity index (χ2v) is 6.20. The third kappa shape index (κ3) is 1.64. The van der Waals surface area contributed by atoms with E-state index in [2.05, 4.69) is 0 Å². The summed E-state index contributed by atoms with van der Waals surface area (Å²) in [6, 6.07) is 4.20. The molecular weight excluding hydrogens is 266 g/mol. The van der Waals surface area contributed by atoms with Gasteiger partial charge in [-0.2, -0.15) is 0 Å². The van der Waals surface area contributed by atoms with Crippen LogP contribution in [0.15, 0.2) is 23.1 Å². The number of rotatable bonds is 2. The molecule has 1 aromatic rings. The molecule has 1 aromatic carbocycles. The first kappa shape index (κ1) is 11.0. The molecule has 1 unspecified atom stereocenters. The van der Waals surface area contributed by atoms with Crippen molar-refractivity contribution in [1.29, 1.82) is 0 Å². The molecule has 0 radical (unpaired) electrons. The summed E-state index contributed by atoms with van der Waals surface area (Å²) in [6.45, 7) is 0.573. The molecule has 90 valence electrons. The van der Waals surface area contributed by atoms with Crippen molar-refractivity contribution >= 4 is 27.5 Å². The summed E-state index contributed by atoms with van der Waals surface area (Å²) in [5.74, 6) is -0.530. The van der Waals surface area contributed by atoms with Gasteiger partial charge in [0.15, 0.2) is 0 Å². The Balaban J connectivity index is 2.10. The molecule has 0 saturated carbocycles. The molecule has 17 heavy (non-hydrogen) atoms. The van der Waals surface area contributed by atoms with Gasteiger partial charge in [-0.05, 0) is 18.2 Å². The van der Waals surface area contributed by atoms with Crippen molar-refractivity contribution in [2.45, 2.75) is 11.0 Å². The fraction of sp³-hybridized carbons (Fsp3) is 0.300. The quantitative estimate of drug-likeness (QED) is 0.751. The van der Waals surface area contributed by atoms with Crippen LogP contribution in [0.4, 0.5) is 0 Å². The molecule has 5 nitrogen and oxygen atoms in total. The zero-order valence-electron chi connectivity index (χ0n) is 8.59. The number of epoxide rings is 1. The van der Waals surface area contributed by atoms with Crippen LogP contribution >= 0.6 is 11.6 Å². The Morgan fingerprint density at radius 1 is 1.47 bits per heavy atom. The topological polar surface area (TPSA) is 67.0 Å². The average Bonchev–Trinajstić information content (AvgIpc) is 3.05. The SMILES string of the molecule is O=C1c2cc(Cl)ccc2S(=O)(=O)N1CC1CO1. The molecule has 0 N–H and O–H groups in total. The largest absolute Gasteiger partial charge is 0.371 e. The van der Waals surface area contributed by atoms with Gasteiger partial charge in [0.2, 0.25) is 0 Å². The molecule has 1 atom stereocenters. The number of carbonyl (C=O) groups is 1. The predicted octanol–water partition coefficient (Wildman–Crippen LogP) is 0.883. The summed E-state index contributed by atoms with van der Waals surface area (Å²) in [5, 5.41) is 0.344. The van der Waals surface area contributed by atoms with Crippen LogP contribution in [0.25, 0.3) is 0 Å². The monoisotopic (exact) mass is 273 g/mol. The summed E-state index contributed by atoms with van der Waals surface area (Å²) >= 11 is 5.76. The predicted molar refractivity (Wildman–Crippen MR) is 59.4 cm³/mol. The van der Waals surface area contributed by atoms with Gasteiger partial charge in [0.05, 0.1) is 24.8 Å². The normalized spacial score (nSPS) is 24.9. The zero-order valence-corrected chi connectivity index (χ0v) is 10.2. The lowest BCUT2D eigenvalue weighted by Gasteiger charge is -2.12. The summed E-state index contributed by atoms with van der Waals surface area (Å²) in [4.78, 5) is 12.0. The fourth-order valence-corrected chi connectivity index (χ4v) is 3.55. The van der Waals surface area contributed by atoms with Crippen LogP contribution < -0.4 is 0 Å². The van der Waals surface area contributed by atoms with Gasteiger partial charge in [-0.15, -0.1) is 0 Å². The molecule has 2 aliphatic rings. The highest BCUT2D eigenvalue weighted by Gasteiger charge is 2.44. The molecule has 0 aliphatic carbocycles. The zero-order chi connectivity index (χ0) is 12.2. The summed E-state index contributed by atoms with van der Waals surface area (Å²) in [7, 11) is -3.72. The maximum atomic E-state index is 12.1. The van der Waals surface area contributed by atoms with Crippen molar-refractivity contribution in [3.8, 4) is 0 Å². The van der Waals surface area contributed by atoms with Crippen molar-refractivity contribution in [1.82, 2.24) is 4.31 Å². The molecule has 2 aliphatic heterocycles. The molecule has 2 heterocycles. The Morgan fingerprint density at radius 3 is 2.82 bits per heavy atom. The number of halogens is 1. The van der Waals surface area contributed by atoms with Crippen LogP contribution in [0.2, 0.25) is 5.02 Å². The molecular formula is C10H8ClNO4S. The van der Waals surface area contributed by atoms with E-state index in [9.17, 15) is 13.2 Å². The van der Waals surface area contributed by atoms with Gasteiger partial charge in [0.1, 0.15) is 4.90 Å². The van der Waals surface area contributed by atoms with Crippen LogP contribution in [0.3, 0.4) is 0 Å². The third-order valence-corrected chi connectivity index (χ3v) is 4.78. The first-order chi connectivity index (χ1) is 8.00. The molecule has 1 amide bonds. The minimum absolute atomic E-state index is 0.0209. The van der Waals surface area contributed by atoms with E-state index in [1.165, 1.54) is 18.2 Å². The number of ether oxygens (including phenoxy) is 1. The Morgan fingerprint density at radius 2 is 2.18 bits per heavy atom. The average molecular weight is 274 g/mol. The Kier molecular flexibility index (Phi) is 2.23. The van der Waals surface area contributed by atoms with E-state index in [4.69, 9.17) is 16.3 Å². The van der Waals surface area contributed by atoms with E-state index in [1.807, 2.05) is 0 Å². The minimum atomic E-state index is -3.72. The number of hydrogen-bond acceptors (Lipinski definition) is 4. The summed E-state index contributed by atoms with van der Waals surface area (Å²) < 4.78 is 30.0. The number of sulfonamides is 1. The summed E-state index contributed by atoms with van der Waals surface area (Å²) in [5.41, 5.74) is 0.137. The van der Waals surface area contributed by atoms with Crippen molar-refractivity contribution in [3.05, 3.63) is 28.8 Å². The van der Waals surface area contributed by atoms with Gasteiger partial charge in [0.25, 0.3) is 15.9 Å². The van der Waals surface area contributed by atoms with E-state index >= 15 is 0 Å². The van der Waals surface area contributed by atoms with Crippen molar-refractivity contribution in [2.24, 2.45) is 0 Å². The fourth-order valence-electron chi connectivity index (χ4n) is 1.80. The molecule has 7 heteroatoms. The third-order valence-electron chi connectivity index (χ3n) is 2.74. The van der Waals surface area contributed by atoms with E-state index < -0.39 is 15.9 Å². The lowest BCUT2D eigenvalue weighted by atomic mass is 10.2. The van der Waals surface area contributed by atoms with Gasteiger partial charge in [0, 0.05) is 5.02 Å². The molecule has 1 fully saturated rings. The van der Waals surface area contributed by atoms with Crippen molar-refractivity contribution < 1.29 is 17.9 Å². The van der Waals surface area contributed by atoms with Crippen LogP contribution in [-0.2, 0) is 14.8 Å². The molecule has 3 rings (SSSR count). The second-order valence-electron chi connectivity index (χ2n) is 3.94. The first-order valence-corrected chi connectivity index (χ1v) is 6.80. The van der Waals surface area contributed by atoms with Crippen LogP contribution in [0, 0.1) is 0 Å². The van der Waals surface area contributed by atoms with E-state index in [0.717, 1.165) is 4.31 Å². The van der Waals surface area contributed by atoms with Gasteiger partial charge in [-0.1, -0.05) is 11.6 Å². The lowest BCUT2D eigenvalue weighted by molar-refractivity contribution is 0.0864. The van der Waals surface area contributed by atoms with Crippen LogP contribution in [0.5, 0.6) is 0 Å². The summed E-state index contributed by atoms with van der Waals surface area (Å²) in [6.07, 6.45) is -0.168. The van der Waals surface area contributed by atoms with Gasteiger partial charge < -0.3 is 4.74 Å². The van der Waals surface area contributed by atoms with E-state index in [0.29, 0.717) is 11.6 Å². The number of amides is 1. The number of hydrogen-bond donors (Lipinski definition) is 0. The van der Waals surface area contributed by atoms with Gasteiger partial charge in [-0.3, -0.25) is 4.79 Å². The number of fused-ring (bicyclic) bond motifs is 1. The maximum Gasteiger partial charge on any atom is 0.269 e. The number of benzene rings is 1.